The van der Waals surface area contributed by atoms with Gasteiger partial charge < -0.3 is 5.32 Å². The number of alkyl halides is 3. The van der Waals surface area contributed by atoms with Gasteiger partial charge in [-0.2, -0.15) is 18.3 Å². The number of benzene rings is 1. The highest BCUT2D eigenvalue weighted by Gasteiger charge is 2.39. The minimum Gasteiger partial charge on any atom is -0.322 e. The Morgan fingerprint density at radius 2 is 1.96 bits per heavy atom. The molecule has 0 aliphatic heterocycles. The van der Waals surface area contributed by atoms with Crippen LogP contribution in [0.1, 0.15) is 41.9 Å². The Kier molecular flexibility index (Phi) is 5.31. The van der Waals surface area contributed by atoms with Crippen LogP contribution in [0, 0.1) is 5.92 Å². The van der Waals surface area contributed by atoms with Gasteiger partial charge >= 0.3 is 6.18 Å². The van der Waals surface area contributed by atoms with Gasteiger partial charge in [0.15, 0.2) is 5.69 Å². The average molecular weight is 339 g/mol. The smallest absolute Gasteiger partial charge is 0.322 e. The number of hydrogen-bond acceptors (Lipinski definition) is 2. The van der Waals surface area contributed by atoms with Crippen LogP contribution in [0.2, 0.25) is 0 Å². The fourth-order valence-electron chi connectivity index (χ4n) is 2.36. The van der Waals surface area contributed by atoms with Gasteiger partial charge in [0, 0.05) is 18.9 Å². The fourth-order valence-corrected chi connectivity index (χ4v) is 2.36. The summed E-state index contributed by atoms with van der Waals surface area (Å²) in [6.07, 6.45) is -1.93. The molecule has 0 aliphatic carbocycles. The summed E-state index contributed by atoms with van der Waals surface area (Å²) >= 11 is 0. The number of halogens is 3. The van der Waals surface area contributed by atoms with Crippen molar-refractivity contribution in [3.8, 4) is 0 Å². The number of amides is 1. The lowest BCUT2D eigenvalue weighted by molar-refractivity contribution is -0.141. The highest BCUT2D eigenvalue weighted by atomic mass is 19.4. The van der Waals surface area contributed by atoms with Crippen molar-refractivity contribution >= 4 is 11.6 Å². The highest BCUT2D eigenvalue weighted by Crippen LogP contribution is 2.31. The lowest BCUT2D eigenvalue weighted by Crippen LogP contribution is -2.18. The summed E-state index contributed by atoms with van der Waals surface area (Å²) in [6, 6.07) is 7.14. The maximum absolute atomic E-state index is 13.0. The molecule has 2 aromatic rings. The second kappa shape index (κ2) is 7.07. The Labute approximate surface area is 138 Å². The molecular weight excluding hydrogens is 319 g/mol. The molecule has 0 radical (unpaired) electrons. The van der Waals surface area contributed by atoms with E-state index in [1.165, 1.54) is 7.05 Å². The molecule has 0 saturated heterocycles. The van der Waals surface area contributed by atoms with Crippen molar-refractivity contribution in [1.29, 1.82) is 0 Å². The molecule has 0 atom stereocenters. The quantitative estimate of drug-likeness (QED) is 0.884. The van der Waals surface area contributed by atoms with Gasteiger partial charge in [-0.15, -0.1) is 0 Å². The van der Waals surface area contributed by atoms with Crippen LogP contribution in [0.4, 0.5) is 18.9 Å². The molecule has 1 aromatic heterocycles. The summed E-state index contributed by atoms with van der Waals surface area (Å²) in [7, 11) is 1.35. The van der Waals surface area contributed by atoms with E-state index in [-0.39, 0.29) is 0 Å². The first-order valence-corrected chi connectivity index (χ1v) is 7.68. The number of para-hydroxylation sites is 1. The topological polar surface area (TPSA) is 46.9 Å². The number of anilines is 1. The SMILES string of the molecule is CC(C)CCc1ccccc1NC(=O)c1cn(C)nc1C(F)(F)F. The Balaban J connectivity index is 2.25. The van der Waals surface area contributed by atoms with Crippen molar-refractivity contribution in [3.05, 3.63) is 47.3 Å². The molecule has 0 fully saturated rings. The lowest BCUT2D eigenvalue weighted by atomic mass is 10.0. The number of carbonyl (C=O) groups excluding carboxylic acids is 1. The molecule has 0 saturated carbocycles. The third kappa shape index (κ3) is 4.37. The molecule has 0 spiro atoms. The van der Waals surface area contributed by atoms with E-state index in [2.05, 4.69) is 24.3 Å². The van der Waals surface area contributed by atoms with Gasteiger partial charge in [-0.25, -0.2) is 0 Å². The third-order valence-electron chi connectivity index (χ3n) is 3.60. The average Bonchev–Trinajstić information content (AvgIpc) is 2.88. The van der Waals surface area contributed by atoms with Crippen LogP contribution in [-0.2, 0) is 19.6 Å². The van der Waals surface area contributed by atoms with Gasteiger partial charge in [-0.05, 0) is 30.4 Å². The van der Waals surface area contributed by atoms with Crippen molar-refractivity contribution in [2.45, 2.75) is 32.9 Å². The minimum atomic E-state index is -4.68. The zero-order valence-electron chi connectivity index (χ0n) is 13.8. The van der Waals surface area contributed by atoms with Crippen LogP contribution in [0.3, 0.4) is 0 Å². The Morgan fingerprint density at radius 3 is 2.58 bits per heavy atom. The summed E-state index contributed by atoms with van der Waals surface area (Å²) < 4.78 is 40.0. The number of nitrogens with one attached hydrogen (secondary N) is 1. The highest BCUT2D eigenvalue weighted by molar-refractivity contribution is 6.05. The Morgan fingerprint density at radius 1 is 1.29 bits per heavy atom. The molecule has 0 bridgehead atoms. The first-order chi connectivity index (χ1) is 11.2. The van der Waals surface area contributed by atoms with E-state index >= 15 is 0 Å². The van der Waals surface area contributed by atoms with Gasteiger partial charge in [-0.3, -0.25) is 9.48 Å². The summed E-state index contributed by atoms with van der Waals surface area (Å²) in [5, 5.41) is 5.94. The van der Waals surface area contributed by atoms with Gasteiger partial charge in [0.1, 0.15) is 0 Å². The number of hydrogen-bond donors (Lipinski definition) is 1. The number of nitrogens with zero attached hydrogens (tertiary/aromatic N) is 2. The summed E-state index contributed by atoms with van der Waals surface area (Å²) in [5.74, 6) is -0.323. The molecule has 7 heteroatoms. The molecule has 1 amide bonds. The molecule has 1 heterocycles. The van der Waals surface area contributed by atoms with E-state index in [1.54, 1.807) is 12.1 Å². The zero-order valence-corrected chi connectivity index (χ0v) is 13.8. The molecule has 1 aromatic carbocycles. The van der Waals surface area contributed by atoms with E-state index < -0.39 is 23.3 Å². The second-order valence-corrected chi connectivity index (χ2v) is 6.11. The van der Waals surface area contributed by atoms with Crippen molar-refractivity contribution in [1.82, 2.24) is 9.78 Å². The summed E-state index contributed by atoms with van der Waals surface area (Å²) in [4.78, 5) is 12.3. The van der Waals surface area contributed by atoms with Crippen molar-refractivity contribution in [2.24, 2.45) is 13.0 Å². The van der Waals surface area contributed by atoms with Crippen molar-refractivity contribution in [2.75, 3.05) is 5.32 Å². The Bertz CT molecular complexity index is 720. The van der Waals surface area contributed by atoms with Crippen LogP contribution < -0.4 is 5.32 Å². The molecular formula is C17H20F3N3O. The van der Waals surface area contributed by atoms with Gasteiger partial charge in [0.2, 0.25) is 0 Å². The van der Waals surface area contributed by atoms with E-state index in [0.717, 1.165) is 29.3 Å². The molecule has 1 N–H and O–H groups in total. The number of aryl methyl sites for hydroxylation is 2. The maximum atomic E-state index is 13.0. The standard InChI is InChI=1S/C17H20F3N3O/c1-11(2)8-9-12-6-4-5-7-14(12)21-16(24)13-10-23(3)22-15(13)17(18,19)20/h4-7,10-11H,8-9H2,1-3H3,(H,21,24). The van der Waals surface area contributed by atoms with Crippen LogP contribution in [-0.4, -0.2) is 15.7 Å². The van der Waals surface area contributed by atoms with E-state index in [9.17, 15) is 18.0 Å². The zero-order chi connectivity index (χ0) is 17.9. The predicted octanol–water partition coefficient (Wildman–Crippen LogP) is 4.28. The van der Waals surface area contributed by atoms with Crippen LogP contribution >= 0.6 is 0 Å². The fraction of sp³-hybridized carbons (Fsp3) is 0.412. The summed E-state index contributed by atoms with van der Waals surface area (Å²) in [6.45, 7) is 4.18. The maximum Gasteiger partial charge on any atom is 0.435 e. The number of aromatic nitrogens is 2. The monoisotopic (exact) mass is 339 g/mol. The summed E-state index contributed by atoms with van der Waals surface area (Å²) in [5.41, 5.74) is -0.233. The van der Waals surface area contributed by atoms with Crippen molar-refractivity contribution < 1.29 is 18.0 Å². The van der Waals surface area contributed by atoms with Gasteiger partial charge in [0.25, 0.3) is 5.91 Å². The minimum absolute atomic E-state index is 0.483. The molecule has 0 aliphatic rings. The third-order valence-corrected chi connectivity index (χ3v) is 3.60. The molecule has 130 valence electrons. The predicted molar refractivity (Wildman–Crippen MR) is 85.8 cm³/mol. The molecule has 2 rings (SSSR count). The van der Waals surface area contributed by atoms with E-state index in [1.807, 2.05) is 12.1 Å². The molecule has 0 unspecified atom stereocenters. The van der Waals surface area contributed by atoms with E-state index in [0.29, 0.717) is 11.6 Å². The van der Waals surface area contributed by atoms with Crippen LogP contribution in [0.15, 0.2) is 30.5 Å². The molecule has 4 nitrogen and oxygen atoms in total. The first-order valence-electron chi connectivity index (χ1n) is 7.68. The van der Waals surface area contributed by atoms with Gasteiger partial charge in [0.05, 0.1) is 5.56 Å². The van der Waals surface area contributed by atoms with Crippen molar-refractivity contribution in [3.63, 3.8) is 0 Å². The van der Waals surface area contributed by atoms with Crippen LogP contribution in [0.5, 0.6) is 0 Å². The first kappa shape index (κ1) is 18.0. The second-order valence-electron chi connectivity index (χ2n) is 6.11. The van der Waals surface area contributed by atoms with Gasteiger partial charge in [-0.1, -0.05) is 32.0 Å². The lowest BCUT2D eigenvalue weighted by Gasteiger charge is -2.12. The number of rotatable bonds is 5. The normalized spacial score (nSPS) is 11.8. The van der Waals surface area contributed by atoms with Crippen LogP contribution in [0.25, 0.3) is 0 Å². The molecule has 24 heavy (non-hydrogen) atoms. The number of carbonyl (C=O) groups is 1. The van der Waals surface area contributed by atoms with E-state index in [4.69, 9.17) is 0 Å². The Hall–Kier alpha value is -2.31. The largest absolute Gasteiger partial charge is 0.435 e.